The van der Waals surface area contributed by atoms with Crippen molar-refractivity contribution >= 4 is 22.6 Å². The monoisotopic (exact) mass is 292 g/mol. The van der Waals surface area contributed by atoms with Gasteiger partial charge in [0, 0.05) is 3.57 Å². The normalized spacial score (nSPS) is 12.8. The Kier molecular flexibility index (Phi) is 4.69. The van der Waals surface area contributed by atoms with E-state index in [9.17, 15) is 0 Å². The van der Waals surface area contributed by atoms with Crippen molar-refractivity contribution in [3.05, 3.63) is 33.4 Å². The zero-order valence-corrected chi connectivity index (χ0v) is 9.69. The summed E-state index contributed by atoms with van der Waals surface area (Å²) in [4.78, 5) is 0. The van der Waals surface area contributed by atoms with Gasteiger partial charge in [0.05, 0.1) is 19.3 Å². The SMILES string of the molecule is C[C@@H](CO)OCc1ccc(I)cc1. The Bertz CT molecular complexity index is 246. The van der Waals surface area contributed by atoms with E-state index in [1.54, 1.807) is 0 Å². The molecule has 0 bridgehead atoms. The van der Waals surface area contributed by atoms with Crippen LogP contribution in [0.3, 0.4) is 0 Å². The van der Waals surface area contributed by atoms with Gasteiger partial charge in [-0.3, -0.25) is 0 Å². The summed E-state index contributed by atoms with van der Waals surface area (Å²) in [5.41, 5.74) is 1.14. The minimum absolute atomic E-state index is 0.0738. The van der Waals surface area contributed by atoms with Crippen molar-refractivity contribution in [3.8, 4) is 0 Å². The molecule has 72 valence electrons. The number of halogens is 1. The fourth-order valence-electron chi connectivity index (χ4n) is 0.872. The van der Waals surface area contributed by atoms with Gasteiger partial charge < -0.3 is 9.84 Å². The molecule has 1 aromatic rings. The molecule has 1 rings (SSSR count). The molecular formula is C10H13IO2. The average Bonchev–Trinajstić information content (AvgIpc) is 2.16. The maximum atomic E-state index is 8.73. The number of aliphatic hydroxyl groups is 1. The van der Waals surface area contributed by atoms with Crippen molar-refractivity contribution in [2.24, 2.45) is 0 Å². The second-order valence-corrected chi connectivity index (χ2v) is 4.18. The predicted molar refractivity (Wildman–Crippen MR) is 60.5 cm³/mol. The first-order valence-electron chi connectivity index (χ1n) is 4.19. The molecule has 0 fully saturated rings. The molecule has 13 heavy (non-hydrogen) atoms. The van der Waals surface area contributed by atoms with Crippen LogP contribution in [0.25, 0.3) is 0 Å². The van der Waals surface area contributed by atoms with Crippen LogP contribution in [0.1, 0.15) is 12.5 Å². The number of rotatable bonds is 4. The lowest BCUT2D eigenvalue weighted by Gasteiger charge is -2.09. The Balaban J connectivity index is 2.41. The van der Waals surface area contributed by atoms with Crippen molar-refractivity contribution < 1.29 is 9.84 Å². The smallest absolute Gasteiger partial charge is 0.0782 e. The summed E-state index contributed by atoms with van der Waals surface area (Å²) in [6.45, 7) is 2.50. The molecule has 0 amide bonds. The van der Waals surface area contributed by atoms with E-state index in [-0.39, 0.29) is 12.7 Å². The fourth-order valence-corrected chi connectivity index (χ4v) is 1.23. The summed E-state index contributed by atoms with van der Waals surface area (Å²) in [6, 6.07) is 8.16. The minimum Gasteiger partial charge on any atom is -0.394 e. The van der Waals surface area contributed by atoms with Crippen LogP contribution in [0.15, 0.2) is 24.3 Å². The molecule has 0 aliphatic carbocycles. The van der Waals surface area contributed by atoms with Crippen molar-refractivity contribution in [3.63, 3.8) is 0 Å². The fraction of sp³-hybridized carbons (Fsp3) is 0.400. The summed E-state index contributed by atoms with van der Waals surface area (Å²) in [5.74, 6) is 0. The molecule has 0 spiro atoms. The standard InChI is InChI=1S/C10H13IO2/c1-8(6-12)13-7-9-2-4-10(11)5-3-9/h2-5,8,12H,6-7H2,1H3/t8-/m0/s1. The Morgan fingerprint density at radius 3 is 2.54 bits per heavy atom. The first-order valence-corrected chi connectivity index (χ1v) is 5.27. The van der Waals surface area contributed by atoms with Crippen LogP contribution in [-0.4, -0.2) is 17.8 Å². The lowest BCUT2D eigenvalue weighted by molar-refractivity contribution is 0.0144. The van der Waals surface area contributed by atoms with Crippen molar-refractivity contribution in [2.75, 3.05) is 6.61 Å². The third-order valence-corrected chi connectivity index (χ3v) is 2.42. The van der Waals surface area contributed by atoms with E-state index in [0.29, 0.717) is 6.61 Å². The quantitative estimate of drug-likeness (QED) is 0.862. The maximum Gasteiger partial charge on any atom is 0.0782 e. The van der Waals surface area contributed by atoms with Gasteiger partial charge in [-0.2, -0.15) is 0 Å². The summed E-state index contributed by atoms with van der Waals surface area (Å²) >= 11 is 2.26. The zero-order valence-electron chi connectivity index (χ0n) is 7.53. The van der Waals surface area contributed by atoms with Crippen molar-refractivity contribution in [2.45, 2.75) is 19.6 Å². The first kappa shape index (κ1) is 10.9. The van der Waals surface area contributed by atoms with Gasteiger partial charge in [0.25, 0.3) is 0 Å². The minimum atomic E-state index is -0.0840. The maximum absolute atomic E-state index is 8.73. The lowest BCUT2D eigenvalue weighted by atomic mass is 10.2. The van der Waals surface area contributed by atoms with E-state index in [4.69, 9.17) is 9.84 Å². The van der Waals surface area contributed by atoms with E-state index in [0.717, 1.165) is 5.56 Å². The largest absolute Gasteiger partial charge is 0.394 e. The Morgan fingerprint density at radius 2 is 2.00 bits per heavy atom. The zero-order chi connectivity index (χ0) is 9.68. The van der Waals surface area contributed by atoms with E-state index in [1.165, 1.54) is 3.57 Å². The second kappa shape index (κ2) is 5.57. The van der Waals surface area contributed by atoms with Gasteiger partial charge >= 0.3 is 0 Å². The van der Waals surface area contributed by atoms with Crippen molar-refractivity contribution in [1.29, 1.82) is 0 Å². The first-order chi connectivity index (χ1) is 6.22. The average molecular weight is 292 g/mol. The molecule has 1 aromatic carbocycles. The third-order valence-electron chi connectivity index (χ3n) is 1.70. The Hall–Kier alpha value is -0.130. The molecule has 3 heteroatoms. The third kappa shape index (κ3) is 4.06. The molecule has 1 N–H and O–H groups in total. The highest BCUT2D eigenvalue weighted by Gasteiger charge is 1.99. The molecule has 0 heterocycles. The van der Waals surface area contributed by atoms with E-state index < -0.39 is 0 Å². The Labute approximate surface area is 92.1 Å². The molecule has 0 aliphatic heterocycles. The topological polar surface area (TPSA) is 29.5 Å². The molecule has 0 radical (unpaired) electrons. The molecule has 2 nitrogen and oxygen atoms in total. The van der Waals surface area contributed by atoms with Crippen LogP contribution in [-0.2, 0) is 11.3 Å². The van der Waals surface area contributed by atoms with E-state index in [2.05, 4.69) is 22.6 Å². The molecule has 0 aliphatic rings. The highest BCUT2D eigenvalue weighted by Crippen LogP contribution is 2.08. The number of ether oxygens (including phenoxy) is 1. The number of hydrogen-bond acceptors (Lipinski definition) is 2. The van der Waals surface area contributed by atoms with Crippen LogP contribution in [0.5, 0.6) is 0 Å². The predicted octanol–water partition coefficient (Wildman–Crippen LogP) is 2.19. The van der Waals surface area contributed by atoms with Gasteiger partial charge in [-0.25, -0.2) is 0 Å². The van der Waals surface area contributed by atoms with Gasteiger partial charge in [0.2, 0.25) is 0 Å². The number of benzene rings is 1. The van der Waals surface area contributed by atoms with E-state index >= 15 is 0 Å². The van der Waals surface area contributed by atoms with Crippen LogP contribution in [0.2, 0.25) is 0 Å². The van der Waals surface area contributed by atoms with Gasteiger partial charge in [0.1, 0.15) is 0 Å². The summed E-state index contributed by atoms with van der Waals surface area (Å²) < 4.78 is 6.58. The van der Waals surface area contributed by atoms with Crippen LogP contribution >= 0.6 is 22.6 Å². The van der Waals surface area contributed by atoms with Crippen LogP contribution in [0.4, 0.5) is 0 Å². The molecule has 0 saturated heterocycles. The summed E-state index contributed by atoms with van der Waals surface area (Å²) in [7, 11) is 0. The summed E-state index contributed by atoms with van der Waals surface area (Å²) in [6.07, 6.45) is -0.0840. The number of hydrogen-bond donors (Lipinski definition) is 1. The lowest BCUT2D eigenvalue weighted by Crippen LogP contribution is -2.12. The molecular weight excluding hydrogens is 279 g/mol. The molecule has 0 saturated carbocycles. The molecule has 0 aromatic heterocycles. The number of aliphatic hydroxyl groups excluding tert-OH is 1. The molecule has 1 atom stereocenters. The highest BCUT2D eigenvalue weighted by atomic mass is 127. The van der Waals surface area contributed by atoms with Crippen molar-refractivity contribution in [1.82, 2.24) is 0 Å². The summed E-state index contributed by atoms with van der Waals surface area (Å²) in [5, 5.41) is 8.73. The van der Waals surface area contributed by atoms with E-state index in [1.807, 2.05) is 31.2 Å². The second-order valence-electron chi connectivity index (χ2n) is 2.93. The molecule has 0 unspecified atom stereocenters. The van der Waals surface area contributed by atoms with Gasteiger partial charge in [-0.1, -0.05) is 12.1 Å². The van der Waals surface area contributed by atoms with Crippen LogP contribution < -0.4 is 0 Å². The highest BCUT2D eigenvalue weighted by molar-refractivity contribution is 14.1. The van der Waals surface area contributed by atoms with Gasteiger partial charge in [0.15, 0.2) is 0 Å². The van der Waals surface area contributed by atoms with Gasteiger partial charge in [-0.15, -0.1) is 0 Å². The Morgan fingerprint density at radius 1 is 1.38 bits per heavy atom. The van der Waals surface area contributed by atoms with Crippen LogP contribution in [0, 0.1) is 3.57 Å². The van der Waals surface area contributed by atoms with Gasteiger partial charge in [-0.05, 0) is 47.2 Å².